The Hall–Kier alpha value is -2.17. The van der Waals surface area contributed by atoms with Crippen molar-refractivity contribution in [3.05, 3.63) is 71.8 Å². The highest BCUT2D eigenvalue weighted by Gasteiger charge is 2.34. The van der Waals surface area contributed by atoms with Gasteiger partial charge in [-0.15, -0.1) is 0 Å². The molecule has 0 bridgehead atoms. The summed E-state index contributed by atoms with van der Waals surface area (Å²) in [6.45, 7) is 6.94. The van der Waals surface area contributed by atoms with Crippen LogP contribution in [0, 0.1) is 0 Å². The van der Waals surface area contributed by atoms with Crippen molar-refractivity contribution in [2.24, 2.45) is 0 Å². The summed E-state index contributed by atoms with van der Waals surface area (Å²) in [6, 6.07) is 21.4. The highest BCUT2D eigenvalue weighted by molar-refractivity contribution is 5.82. The van der Waals surface area contributed by atoms with E-state index in [-0.39, 0.29) is 6.04 Å². The molecule has 1 unspecified atom stereocenters. The topological polar surface area (TPSA) is 26.8 Å². The summed E-state index contributed by atoms with van der Waals surface area (Å²) in [5.74, 6) is 0.356. The van der Waals surface area contributed by atoms with E-state index in [1.807, 2.05) is 0 Å². The number of likely N-dealkylation sites (tertiary alicyclic amines) is 1. The Labute approximate surface area is 181 Å². The van der Waals surface area contributed by atoms with Gasteiger partial charge in [-0.2, -0.15) is 0 Å². The third kappa shape index (κ3) is 5.71. The van der Waals surface area contributed by atoms with Gasteiger partial charge in [0.15, 0.2) is 0 Å². The molecule has 0 aromatic heterocycles. The molecule has 0 aliphatic carbocycles. The van der Waals surface area contributed by atoms with Gasteiger partial charge in [0.1, 0.15) is 0 Å². The van der Waals surface area contributed by atoms with Gasteiger partial charge >= 0.3 is 0 Å². The van der Waals surface area contributed by atoms with E-state index in [1.54, 1.807) is 0 Å². The fourth-order valence-corrected chi connectivity index (χ4v) is 4.89. The molecule has 0 saturated carbocycles. The summed E-state index contributed by atoms with van der Waals surface area (Å²) in [4.78, 5) is 20.4. The third-order valence-electron chi connectivity index (χ3n) is 6.56. The average Bonchev–Trinajstić information content (AvgIpc) is 3.11. The van der Waals surface area contributed by atoms with Gasteiger partial charge < -0.3 is 9.80 Å². The Balaban J connectivity index is 1.25. The minimum atomic E-state index is 0.0647. The smallest absolute Gasteiger partial charge is 0.239 e. The van der Waals surface area contributed by atoms with Crippen LogP contribution in [-0.2, 0) is 17.8 Å². The predicted molar refractivity (Wildman–Crippen MR) is 122 cm³/mol. The second-order valence-electron chi connectivity index (χ2n) is 8.72. The molecule has 1 atom stereocenters. The van der Waals surface area contributed by atoms with Crippen LogP contribution in [0.1, 0.15) is 36.8 Å². The van der Waals surface area contributed by atoms with Crippen molar-refractivity contribution in [1.29, 1.82) is 0 Å². The van der Waals surface area contributed by atoms with Gasteiger partial charge in [-0.3, -0.25) is 9.69 Å². The molecule has 0 radical (unpaired) electrons. The highest BCUT2D eigenvalue weighted by Crippen LogP contribution is 2.22. The molecule has 2 aliphatic heterocycles. The minimum absolute atomic E-state index is 0.0647. The molecule has 2 aromatic rings. The van der Waals surface area contributed by atoms with Crippen molar-refractivity contribution >= 4 is 5.91 Å². The number of amides is 1. The number of carbonyl (C=O) groups is 1. The van der Waals surface area contributed by atoms with E-state index in [9.17, 15) is 4.79 Å². The fraction of sp³-hybridized carbons (Fsp3) is 0.500. The zero-order valence-corrected chi connectivity index (χ0v) is 18.1. The second kappa shape index (κ2) is 10.7. The summed E-state index contributed by atoms with van der Waals surface area (Å²) in [7, 11) is 0. The minimum Gasteiger partial charge on any atom is -0.340 e. The van der Waals surface area contributed by atoms with Crippen molar-refractivity contribution in [3.63, 3.8) is 0 Å². The number of carbonyl (C=O) groups excluding carboxylic acids is 1. The van der Waals surface area contributed by atoms with E-state index in [1.165, 1.54) is 17.5 Å². The molecule has 1 amide bonds. The van der Waals surface area contributed by atoms with Crippen LogP contribution in [0.15, 0.2) is 60.7 Å². The SMILES string of the molecule is O=C(C1CCCN1Cc1ccccc1)N1CCCN(CCCc2ccccc2)CC1. The van der Waals surface area contributed by atoms with Crippen LogP contribution in [0.25, 0.3) is 0 Å². The van der Waals surface area contributed by atoms with E-state index in [0.717, 1.165) is 71.5 Å². The van der Waals surface area contributed by atoms with Gasteiger partial charge in [0.2, 0.25) is 5.91 Å². The number of rotatable bonds is 7. The first-order valence-electron chi connectivity index (χ1n) is 11.6. The molecule has 4 nitrogen and oxygen atoms in total. The highest BCUT2D eigenvalue weighted by atomic mass is 16.2. The van der Waals surface area contributed by atoms with Crippen molar-refractivity contribution in [2.75, 3.05) is 39.3 Å². The lowest BCUT2D eigenvalue weighted by Crippen LogP contribution is -2.46. The first-order valence-corrected chi connectivity index (χ1v) is 11.6. The van der Waals surface area contributed by atoms with Crippen LogP contribution >= 0.6 is 0 Å². The van der Waals surface area contributed by atoms with E-state index in [2.05, 4.69) is 75.4 Å². The van der Waals surface area contributed by atoms with Gasteiger partial charge in [0.25, 0.3) is 0 Å². The van der Waals surface area contributed by atoms with Gasteiger partial charge in [-0.1, -0.05) is 60.7 Å². The molecule has 2 aliphatic rings. The van der Waals surface area contributed by atoms with Gasteiger partial charge in [-0.25, -0.2) is 0 Å². The number of nitrogens with zero attached hydrogens (tertiary/aromatic N) is 3. The van der Waals surface area contributed by atoms with Gasteiger partial charge in [0.05, 0.1) is 6.04 Å². The van der Waals surface area contributed by atoms with Crippen LogP contribution in [0.5, 0.6) is 0 Å². The lowest BCUT2D eigenvalue weighted by molar-refractivity contribution is -0.136. The summed E-state index contributed by atoms with van der Waals surface area (Å²) < 4.78 is 0. The van der Waals surface area contributed by atoms with Gasteiger partial charge in [-0.05, 0) is 62.9 Å². The lowest BCUT2D eigenvalue weighted by Gasteiger charge is -2.29. The first-order chi connectivity index (χ1) is 14.8. The summed E-state index contributed by atoms with van der Waals surface area (Å²) in [6.07, 6.45) is 5.54. The van der Waals surface area contributed by atoms with Crippen LogP contribution in [0.3, 0.4) is 0 Å². The zero-order chi connectivity index (χ0) is 20.6. The van der Waals surface area contributed by atoms with E-state index >= 15 is 0 Å². The largest absolute Gasteiger partial charge is 0.340 e. The maximum Gasteiger partial charge on any atom is 0.239 e. The molecule has 30 heavy (non-hydrogen) atoms. The van der Waals surface area contributed by atoms with Crippen LogP contribution in [0.2, 0.25) is 0 Å². The Morgan fingerprint density at radius 2 is 1.53 bits per heavy atom. The van der Waals surface area contributed by atoms with Crippen molar-refractivity contribution in [3.8, 4) is 0 Å². The van der Waals surface area contributed by atoms with E-state index < -0.39 is 0 Å². The molecule has 2 heterocycles. The molecule has 4 rings (SSSR count). The second-order valence-corrected chi connectivity index (χ2v) is 8.72. The van der Waals surface area contributed by atoms with Crippen LogP contribution < -0.4 is 0 Å². The van der Waals surface area contributed by atoms with E-state index in [4.69, 9.17) is 0 Å². The average molecular weight is 406 g/mol. The molecule has 2 fully saturated rings. The monoisotopic (exact) mass is 405 g/mol. The Kier molecular flexibility index (Phi) is 7.54. The fourth-order valence-electron chi connectivity index (χ4n) is 4.89. The Morgan fingerprint density at radius 3 is 2.30 bits per heavy atom. The third-order valence-corrected chi connectivity index (χ3v) is 6.56. The normalized spacial score (nSPS) is 20.9. The Bertz CT molecular complexity index is 779. The Morgan fingerprint density at radius 1 is 0.800 bits per heavy atom. The number of hydrogen-bond donors (Lipinski definition) is 0. The van der Waals surface area contributed by atoms with E-state index in [0.29, 0.717) is 5.91 Å². The molecular weight excluding hydrogens is 370 g/mol. The summed E-state index contributed by atoms with van der Waals surface area (Å²) in [5.41, 5.74) is 2.72. The zero-order valence-electron chi connectivity index (χ0n) is 18.1. The molecule has 0 N–H and O–H groups in total. The lowest BCUT2D eigenvalue weighted by atomic mass is 10.1. The standard InChI is InChI=1S/C26H35N3O/c30-26(25-15-8-18-29(25)22-24-12-5-2-6-13-24)28-19-9-17-27(20-21-28)16-7-14-23-10-3-1-4-11-23/h1-6,10-13,25H,7-9,14-22H2. The van der Waals surface area contributed by atoms with Crippen molar-refractivity contribution < 1.29 is 4.79 Å². The molecule has 160 valence electrons. The van der Waals surface area contributed by atoms with Crippen molar-refractivity contribution in [1.82, 2.24) is 14.7 Å². The maximum absolute atomic E-state index is 13.3. The van der Waals surface area contributed by atoms with Gasteiger partial charge in [0, 0.05) is 26.2 Å². The summed E-state index contributed by atoms with van der Waals surface area (Å²) >= 11 is 0. The molecular formula is C26H35N3O. The quantitative estimate of drug-likeness (QED) is 0.701. The first kappa shape index (κ1) is 21.1. The molecule has 2 saturated heterocycles. The number of aryl methyl sites for hydroxylation is 1. The predicted octanol–water partition coefficient (Wildman–Crippen LogP) is 3.82. The summed E-state index contributed by atoms with van der Waals surface area (Å²) in [5, 5.41) is 0. The number of hydrogen-bond acceptors (Lipinski definition) is 3. The van der Waals surface area contributed by atoms with Crippen LogP contribution in [0.4, 0.5) is 0 Å². The molecule has 4 heteroatoms. The number of benzene rings is 2. The maximum atomic E-state index is 13.3. The molecule has 0 spiro atoms. The van der Waals surface area contributed by atoms with Crippen LogP contribution in [-0.4, -0.2) is 65.9 Å². The van der Waals surface area contributed by atoms with Crippen molar-refractivity contribution in [2.45, 2.75) is 44.7 Å². The molecule has 2 aromatic carbocycles.